The van der Waals surface area contributed by atoms with E-state index in [4.69, 9.17) is 4.74 Å². The van der Waals surface area contributed by atoms with E-state index in [1.54, 1.807) is 13.2 Å². The Hall–Kier alpha value is -2.04. The first kappa shape index (κ1) is 13.9. The van der Waals surface area contributed by atoms with Gasteiger partial charge in [-0.3, -0.25) is 9.59 Å². The van der Waals surface area contributed by atoms with Crippen molar-refractivity contribution in [2.45, 2.75) is 19.3 Å². The van der Waals surface area contributed by atoms with Crippen molar-refractivity contribution in [3.63, 3.8) is 0 Å². The van der Waals surface area contributed by atoms with Crippen LogP contribution in [-0.2, 0) is 4.79 Å². The maximum Gasteiger partial charge on any atom is 0.253 e. The second kappa shape index (κ2) is 5.39. The van der Waals surface area contributed by atoms with Gasteiger partial charge in [-0.2, -0.15) is 0 Å². The number of likely N-dealkylation sites (tertiary alicyclic amines) is 1. The zero-order chi connectivity index (χ0) is 14.9. The molecule has 0 saturated carbocycles. The summed E-state index contributed by atoms with van der Waals surface area (Å²) >= 11 is 0. The molecule has 0 unspecified atom stereocenters. The summed E-state index contributed by atoms with van der Waals surface area (Å²) in [6.45, 7) is 2.18. The van der Waals surface area contributed by atoms with Gasteiger partial charge in [0.1, 0.15) is 5.75 Å². The van der Waals surface area contributed by atoms with Crippen LogP contribution in [0.3, 0.4) is 0 Å². The van der Waals surface area contributed by atoms with Crippen molar-refractivity contribution in [3.05, 3.63) is 29.8 Å². The largest absolute Gasteiger partial charge is 0.497 e. The van der Waals surface area contributed by atoms with Gasteiger partial charge >= 0.3 is 0 Å². The van der Waals surface area contributed by atoms with Crippen LogP contribution in [0, 0.1) is 5.41 Å². The molecule has 1 aromatic carbocycles. The van der Waals surface area contributed by atoms with Crippen molar-refractivity contribution in [2.24, 2.45) is 5.41 Å². The van der Waals surface area contributed by atoms with Crippen molar-refractivity contribution in [3.8, 4) is 5.75 Å². The molecule has 0 aliphatic carbocycles. The normalized spacial score (nSPS) is 20.4. The lowest BCUT2D eigenvalue weighted by atomic mass is 9.77. The zero-order valence-electron chi connectivity index (χ0n) is 12.2. The van der Waals surface area contributed by atoms with Gasteiger partial charge in [-0.15, -0.1) is 0 Å². The van der Waals surface area contributed by atoms with Gasteiger partial charge in [-0.05, 0) is 36.5 Å². The number of methoxy groups -OCH3 is 1. The van der Waals surface area contributed by atoms with Gasteiger partial charge in [-0.1, -0.05) is 6.07 Å². The van der Waals surface area contributed by atoms with E-state index in [-0.39, 0.29) is 17.2 Å². The van der Waals surface area contributed by atoms with E-state index in [2.05, 4.69) is 5.32 Å². The lowest BCUT2D eigenvalue weighted by Gasteiger charge is -2.38. The van der Waals surface area contributed by atoms with Gasteiger partial charge in [0.25, 0.3) is 5.91 Å². The van der Waals surface area contributed by atoms with Gasteiger partial charge in [-0.25, -0.2) is 0 Å². The molecule has 0 radical (unpaired) electrons. The van der Waals surface area contributed by atoms with E-state index in [1.807, 2.05) is 23.1 Å². The fourth-order valence-corrected chi connectivity index (χ4v) is 3.23. The first-order valence-corrected chi connectivity index (χ1v) is 7.32. The van der Waals surface area contributed by atoms with Crippen LogP contribution >= 0.6 is 0 Å². The summed E-state index contributed by atoms with van der Waals surface area (Å²) in [7, 11) is 1.60. The topological polar surface area (TPSA) is 58.6 Å². The summed E-state index contributed by atoms with van der Waals surface area (Å²) in [6.07, 6.45) is 2.39. The molecule has 5 heteroatoms. The number of amides is 2. The molecule has 21 heavy (non-hydrogen) atoms. The zero-order valence-corrected chi connectivity index (χ0v) is 12.2. The molecule has 3 rings (SSSR count). The number of carbonyl (C=O) groups is 2. The Labute approximate surface area is 124 Å². The minimum absolute atomic E-state index is 0.0426. The van der Waals surface area contributed by atoms with Crippen LogP contribution in [0.15, 0.2) is 24.3 Å². The number of hydrogen-bond donors (Lipinski definition) is 1. The molecule has 2 saturated heterocycles. The highest BCUT2D eigenvalue weighted by molar-refractivity contribution is 5.94. The third kappa shape index (κ3) is 2.73. The summed E-state index contributed by atoms with van der Waals surface area (Å²) in [4.78, 5) is 25.8. The number of carbonyl (C=O) groups excluding carboxylic acids is 2. The molecule has 1 spiro atoms. The monoisotopic (exact) mass is 288 g/mol. The van der Waals surface area contributed by atoms with E-state index >= 15 is 0 Å². The Kier molecular flexibility index (Phi) is 3.57. The second-order valence-corrected chi connectivity index (χ2v) is 5.98. The highest BCUT2D eigenvalue weighted by Crippen LogP contribution is 2.37. The Morgan fingerprint density at radius 2 is 2.10 bits per heavy atom. The van der Waals surface area contributed by atoms with Crippen LogP contribution < -0.4 is 10.1 Å². The molecule has 2 aliphatic heterocycles. The molecule has 5 nitrogen and oxygen atoms in total. The summed E-state index contributed by atoms with van der Waals surface area (Å²) in [6, 6.07) is 7.25. The van der Waals surface area contributed by atoms with Crippen LogP contribution in [0.1, 0.15) is 29.6 Å². The van der Waals surface area contributed by atoms with Crippen molar-refractivity contribution in [1.82, 2.24) is 10.2 Å². The molecule has 1 aromatic rings. The average Bonchev–Trinajstić information content (AvgIpc) is 2.88. The Bertz CT molecular complexity index is 562. The minimum Gasteiger partial charge on any atom is -0.497 e. The van der Waals surface area contributed by atoms with Crippen LogP contribution in [0.2, 0.25) is 0 Å². The average molecular weight is 288 g/mol. The summed E-state index contributed by atoms with van der Waals surface area (Å²) in [5.41, 5.74) is 0.730. The van der Waals surface area contributed by atoms with Crippen LogP contribution in [0.25, 0.3) is 0 Å². The second-order valence-electron chi connectivity index (χ2n) is 5.98. The van der Waals surface area contributed by atoms with Gasteiger partial charge in [0.15, 0.2) is 0 Å². The van der Waals surface area contributed by atoms with Crippen molar-refractivity contribution < 1.29 is 14.3 Å². The molecular weight excluding hydrogens is 268 g/mol. The van der Waals surface area contributed by atoms with E-state index in [0.29, 0.717) is 30.8 Å². The summed E-state index contributed by atoms with van der Waals surface area (Å²) in [5, 5.41) is 2.91. The number of nitrogens with one attached hydrogen (secondary N) is 1. The van der Waals surface area contributed by atoms with E-state index in [9.17, 15) is 9.59 Å². The Balaban J connectivity index is 1.66. The molecule has 112 valence electrons. The Morgan fingerprint density at radius 1 is 1.33 bits per heavy atom. The van der Waals surface area contributed by atoms with Gasteiger partial charge in [0.2, 0.25) is 5.91 Å². The molecule has 1 N–H and O–H groups in total. The molecule has 2 fully saturated rings. The SMILES string of the molecule is COc1cccc(C(=O)N2CCC3(CC2)CNC(=O)C3)c1. The molecule has 2 aliphatic rings. The van der Waals surface area contributed by atoms with E-state index < -0.39 is 0 Å². The van der Waals surface area contributed by atoms with Gasteiger partial charge in [0, 0.05) is 31.6 Å². The fourth-order valence-electron chi connectivity index (χ4n) is 3.23. The first-order valence-electron chi connectivity index (χ1n) is 7.32. The molecule has 2 heterocycles. The van der Waals surface area contributed by atoms with Crippen LogP contribution in [0.4, 0.5) is 0 Å². The van der Waals surface area contributed by atoms with E-state index in [1.165, 1.54) is 0 Å². The highest BCUT2D eigenvalue weighted by atomic mass is 16.5. The number of hydrogen-bond acceptors (Lipinski definition) is 3. The quantitative estimate of drug-likeness (QED) is 0.896. The maximum absolute atomic E-state index is 12.5. The molecular formula is C16H20N2O3. The van der Waals surface area contributed by atoms with Gasteiger partial charge in [0.05, 0.1) is 7.11 Å². The van der Waals surface area contributed by atoms with Crippen molar-refractivity contribution in [2.75, 3.05) is 26.7 Å². The minimum atomic E-state index is 0.0426. The number of piperidine rings is 1. The van der Waals surface area contributed by atoms with Crippen molar-refractivity contribution >= 4 is 11.8 Å². The molecule has 0 aromatic heterocycles. The van der Waals surface area contributed by atoms with E-state index in [0.717, 1.165) is 19.4 Å². The maximum atomic E-state index is 12.5. The fraction of sp³-hybridized carbons (Fsp3) is 0.500. The number of ether oxygens (including phenoxy) is 1. The lowest BCUT2D eigenvalue weighted by Crippen LogP contribution is -2.44. The predicted octanol–water partition coefficient (Wildman–Crippen LogP) is 1.44. The Morgan fingerprint density at radius 3 is 2.71 bits per heavy atom. The van der Waals surface area contributed by atoms with Crippen LogP contribution in [0.5, 0.6) is 5.75 Å². The standard InChI is InChI=1S/C16H20N2O3/c1-21-13-4-2-3-12(9-13)15(20)18-7-5-16(6-8-18)10-14(19)17-11-16/h2-4,9H,5-8,10-11H2,1H3,(H,17,19). The number of benzene rings is 1. The smallest absolute Gasteiger partial charge is 0.253 e. The summed E-state index contributed by atoms with van der Waals surface area (Å²) < 4.78 is 5.16. The predicted molar refractivity (Wildman–Crippen MR) is 78.2 cm³/mol. The van der Waals surface area contributed by atoms with Crippen molar-refractivity contribution in [1.29, 1.82) is 0 Å². The van der Waals surface area contributed by atoms with Gasteiger partial charge < -0.3 is 15.0 Å². The lowest BCUT2D eigenvalue weighted by molar-refractivity contribution is -0.119. The first-order chi connectivity index (χ1) is 10.1. The number of rotatable bonds is 2. The molecule has 0 atom stereocenters. The third-order valence-electron chi connectivity index (χ3n) is 4.62. The van der Waals surface area contributed by atoms with Crippen LogP contribution in [-0.4, -0.2) is 43.5 Å². The molecule has 0 bridgehead atoms. The third-order valence-corrected chi connectivity index (χ3v) is 4.62. The summed E-state index contributed by atoms with van der Waals surface area (Å²) in [5.74, 6) is 0.878. The molecule has 2 amide bonds. The number of nitrogens with zero attached hydrogens (tertiary/aromatic N) is 1. The highest BCUT2D eigenvalue weighted by Gasteiger charge is 2.41.